The van der Waals surface area contributed by atoms with E-state index in [2.05, 4.69) is 21.9 Å². The van der Waals surface area contributed by atoms with E-state index in [9.17, 15) is 4.79 Å². The van der Waals surface area contributed by atoms with Crippen LogP contribution in [0.2, 0.25) is 0 Å². The standard InChI is InChI=1S/C18H26N2O2/c21-14-13-19-11-4-8-18(10-12-19)9-7-17(22)20(18)15-16-5-2-1-3-6-16/h1-3,5-6,21H,4,7-15H2/t18-/m1/s1. The van der Waals surface area contributed by atoms with Crippen molar-refractivity contribution in [2.45, 2.75) is 44.2 Å². The maximum Gasteiger partial charge on any atom is 0.223 e. The molecular weight excluding hydrogens is 276 g/mol. The van der Waals surface area contributed by atoms with Crippen molar-refractivity contribution >= 4 is 5.91 Å². The fourth-order valence-electron chi connectivity index (χ4n) is 4.02. The number of likely N-dealkylation sites (tertiary alicyclic amines) is 2. The van der Waals surface area contributed by atoms with Gasteiger partial charge in [-0.15, -0.1) is 0 Å². The summed E-state index contributed by atoms with van der Waals surface area (Å²) in [5.41, 5.74) is 1.26. The Morgan fingerprint density at radius 2 is 1.91 bits per heavy atom. The summed E-state index contributed by atoms with van der Waals surface area (Å²) in [5, 5.41) is 9.15. The molecule has 0 aromatic heterocycles. The first kappa shape index (κ1) is 15.5. The highest BCUT2D eigenvalue weighted by Crippen LogP contribution is 2.40. The van der Waals surface area contributed by atoms with E-state index in [1.54, 1.807) is 0 Å². The number of aliphatic hydroxyl groups excluding tert-OH is 1. The predicted octanol–water partition coefficient (Wildman–Crippen LogP) is 2.03. The van der Waals surface area contributed by atoms with Gasteiger partial charge in [0.15, 0.2) is 0 Å². The molecule has 0 unspecified atom stereocenters. The van der Waals surface area contributed by atoms with Crippen LogP contribution in [0.4, 0.5) is 0 Å². The highest BCUT2D eigenvalue weighted by molar-refractivity contribution is 5.79. The fraction of sp³-hybridized carbons (Fsp3) is 0.611. The molecule has 2 aliphatic rings. The van der Waals surface area contributed by atoms with Crippen LogP contribution in [0.25, 0.3) is 0 Å². The summed E-state index contributed by atoms with van der Waals surface area (Å²) in [5.74, 6) is 0.305. The molecular formula is C18H26N2O2. The Balaban J connectivity index is 1.74. The van der Waals surface area contributed by atoms with Gasteiger partial charge in [-0.1, -0.05) is 30.3 Å². The molecule has 0 saturated carbocycles. The van der Waals surface area contributed by atoms with Crippen LogP contribution in [0, 0.1) is 0 Å². The summed E-state index contributed by atoms with van der Waals surface area (Å²) in [6.07, 6.45) is 4.91. The van der Waals surface area contributed by atoms with Gasteiger partial charge >= 0.3 is 0 Å². The molecule has 4 heteroatoms. The zero-order valence-corrected chi connectivity index (χ0v) is 13.2. The molecule has 120 valence electrons. The molecule has 4 nitrogen and oxygen atoms in total. The number of hydrogen-bond acceptors (Lipinski definition) is 3. The summed E-state index contributed by atoms with van der Waals surface area (Å²) in [7, 11) is 0. The van der Waals surface area contributed by atoms with Crippen LogP contribution in [0.15, 0.2) is 30.3 Å². The van der Waals surface area contributed by atoms with Crippen LogP contribution < -0.4 is 0 Å². The Kier molecular flexibility index (Phi) is 4.79. The topological polar surface area (TPSA) is 43.8 Å². The minimum atomic E-state index is 0.0388. The largest absolute Gasteiger partial charge is 0.395 e. The second-order valence-corrected chi connectivity index (χ2v) is 6.61. The first-order valence-electron chi connectivity index (χ1n) is 8.41. The Labute approximate surface area is 132 Å². The Morgan fingerprint density at radius 1 is 1.09 bits per heavy atom. The average Bonchev–Trinajstić information content (AvgIpc) is 2.72. The molecule has 2 fully saturated rings. The number of carbonyl (C=O) groups is 1. The summed E-state index contributed by atoms with van der Waals surface area (Å²) < 4.78 is 0. The monoisotopic (exact) mass is 302 g/mol. The minimum Gasteiger partial charge on any atom is -0.395 e. The molecule has 0 aliphatic carbocycles. The number of rotatable bonds is 4. The molecule has 1 aromatic rings. The van der Waals surface area contributed by atoms with Gasteiger partial charge in [-0.05, 0) is 37.8 Å². The minimum absolute atomic E-state index is 0.0388. The Bertz CT molecular complexity index is 505. The summed E-state index contributed by atoms with van der Waals surface area (Å²) in [6, 6.07) is 10.3. The lowest BCUT2D eigenvalue weighted by molar-refractivity contribution is -0.132. The van der Waals surface area contributed by atoms with Crippen molar-refractivity contribution in [3.8, 4) is 0 Å². The van der Waals surface area contributed by atoms with E-state index in [-0.39, 0.29) is 12.1 Å². The van der Waals surface area contributed by atoms with Crippen LogP contribution in [0.1, 0.15) is 37.7 Å². The quantitative estimate of drug-likeness (QED) is 0.925. The lowest BCUT2D eigenvalue weighted by Crippen LogP contribution is -2.46. The third-order valence-corrected chi connectivity index (χ3v) is 5.29. The zero-order chi connectivity index (χ0) is 15.4. The van der Waals surface area contributed by atoms with Gasteiger partial charge in [-0.25, -0.2) is 0 Å². The smallest absolute Gasteiger partial charge is 0.223 e. The molecule has 1 aromatic carbocycles. The van der Waals surface area contributed by atoms with Gasteiger partial charge in [0.05, 0.1) is 6.61 Å². The normalized spacial score (nSPS) is 26.6. The Hall–Kier alpha value is -1.39. The van der Waals surface area contributed by atoms with Crippen molar-refractivity contribution in [1.82, 2.24) is 9.80 Å². The van der Waals surface area contributed by atoms with E-state index in [4.69, 9.17) is 5.11 Å². The highest BCUT2D eigenvalue weighted by Gasteiger charge is 2.45. The fourth-order valence-corrected chi connectivity index (χ4v) is 4.02. The molecule has 0 bridgehead atoms. The van der Waals surface area contributed by atoms with Gasteiger partial charge in [0.1, 0.15) is 0 Å². The van der Waals surface area contributed by atoms with Gasteiger partial charge in [0, 0.05) is 31.6 Å². The van der Waals surface area contributed by atoms with E-state index in [0.717, 1.165) is 51.9 Å². The number of β-amino-alcohol motifs (C(OH)–C–C–N with tert-alkyl or cyclic N) is 1. The van der Waals surface area contributed by atoms with Crippen LogP contribution in [-0.2, 0) is 11.3 Å². The third kappa shape index (κ3) is 3.18. The third-order valence-electron chi connectivity index (χ3n) is 5.29. The predicted molar refractivity (Wildman–Crippen MR) is 86.3 cm³/mol. The lowest BCUT2D eigenvalue weighted by Gasteiger charge is -2.38. The number of amides is 1. The van der Waals surface area contributed by atoms with Crippen molar-refractivity contribution < 1.29 is 9.90 Å². The van der Waals surface area contributed by atoms with Crippen molar-refractivity contribution in [3.05, 3.63) is 35.9 Å². The van der Waals surface area contributed by atoms with E-state index in [0.29, 0.717) is 12.3 Å². The molecule has 1 atom stereocenters. The van der Waals surface area contributed by atoms with Crippen LogP contribution >= 0.6 is 0 Å². The zero-order valence-electron chi connectivity index (χ0n) is 13.2. The second-order valence-electron chi connectivity index (χ2n) is 6.61. The number of carbonyl (C=O) groups excluding carboxylic acids is 1. The lowest BCUT2D eigenvalue weighted by atomic mass is 9.87. The van der Waals surface area contributed by atoms with E-state index < -0.39 is 0 Å². The first-order valence-corrected chi connectivity index (χ1v) is 8.41. The molecule has 1 spiro atoms. The molecule has 2 saturated heterocycles. The van der Waals surface area contributed by atoms with Crippen molar-refractivity contribution in [1.29, 1.82) is 0 Å². The van der Waals surface area contributed by atoms with Gasteiger partial charge in [0.2, 0.25) is 5.91 Å². The molecule has 2 aliphatic heterocycles. The van der Waals surface area contributed by atoms with E-state index in [1.165, 1.54) is 5.56 Å². The van der Waals surface area contributed by atoms with Crippen LogP contribution in [0.3, 0.4) is 0 Å². The van der Waals surface area contributed by atoms with Gasteiger partial charge in [-0.2, -0.15) is 0 Å². The SMILES string of the molecule is O=C1CC[C@@]2(CCCN(CCO)CC2)N1Cc1ccccc1. The number of hydrogen-bond donors (Lipinski definition) is 1. The summed E-state index contributed by atoms with van der Waals surface area (Å²) in [4.78, 5) is 16.9. The first-order chi connectivity index (χ1) is 10.7. The molecule has 0 radical (unpaired) electrons. The van der Waals surface area contributed by atoms with Crippen LogP contribution in [-0.4, -0.2) is 52.6 Å². The highest BCUT2D eigenvalue weighted by atomic mass is 16.3. The van der Waals surface area contributed by atoms with E-state index in [1.807, 2.05) is 18.2 Å². The number of benzene rings is 1. The maximum atomic E-state index is 12.4. The van der Waals surface area contributed by atoms with Crippen molar-refractivity contribution in [3.63, 3.8) is 0 Å². The Morgan fingerprint density at radius 3 is 2.68 bits per heavy atom. The van der Waals surface area contributed by atoms with Crippen LogP contribution in [0.5, 0.6) is 0 Å². The molecule has 22 heavy (non-hydrogen) atoms. The number of nitrogens with zero attached hydrogens (tertiary/aromatic N) is 2. The molecule has 2 heterocycles. The van der Waals surface area contributed by atoms with E-state index >= 15 is 0 Å². The summed E-state index contributed by atoms with van der Waals surface area (Å²) >= 11 is 0. The molecule has 1 amide bonds. The summed E-state index contributed by atoms with van der Waals surface area (Å²) in [6.45, 7) is 3.73. The second kappa shape index (κ2) is 6.80. The number of aliphatic hydroxyl groups is 1. The maximum absolute atomic E-state index is 12.4. The molecule has 3 rings (SSSR count). The average molecular weight is 302 g/mol. The van der Waals surface area contributed by atoms with Crippen molar-refractivity contribution in [2.75, 3.05) is 26.2 Å². The van der Waals surface area contributed by atoms with Gasteiger partial charge in [0.25, 0.3) is 0 Å². The molecule has 1 N–H and O–H groups in total. The van der Waals surface area contributed by atoms with Crippen molar-refractivity contribution in [2.24, 2.45) is 0 Å². The van der Waals surface area contributed by atoms with Gasteiger partial charge < -0.3 is 14.9 Å². The van der Waals surface area contributed by atoms with Gasteiger partial charge in [-0.3, -0.25) is 4.79 Å².